The minimum absolute atomic E-state index is 0.0567. The normalized spacial score (nSPS) is 23.4. The molecule has 0 radical (unpaired) electrons. The van der Waals surface area contributed by atoms with Gasteiger partial charge in [0.25, 0.3) is 0 Å². The maximum absolute atomic E-state index is 12.8. The van der Waals surface area contributed by atoms with Gasteiger partial charge >= 0.3 is 0 Å². The lowest BCUT2D eigenvalue weighted by molar-refractivity contribution is -0.147. The molecule has 5 nitrogen and oxygen atoms in total. The molecule has 2 aliphatic heterocycles. The highest BCUT2D eigenvalue weighted by Crippen LogP contribution is 2.36. The van der Waals surface area contributed by atoms with E-state index in [1.54, 1.807) is 0 Å². The van der Waals surface area contributed by atoms with Crippen LogP contribution in [-0.4, -0.2) is 40.3 Å². The number of para-hydroxylation sites is 1. The van der Waals surface area contributed by atoms with E-state index in [4.69, 9.17) is 0 Å². The molecule has 4 rings (SSSR count). The Kier molecular flexibility index (Phi) is 4.24. The molecule has 25 heavy (non-hydrogen) atoms. The Labute approximate surface area is 147 Å². The first-order valence-corrected chi connectivity index (χ1v) is 9.34. The Morgan fingerprint density at radius 3 is 2.92 bits per heavy atom. The Balaban J connectivity index is 1.39. The first-order chi connectivity index (χ1) is 12.2. The van der Waals surface area contributed by atoms with E-state index in [0.717, 1.165) is 57.1 Å². The van der Waals surface area contributed by atoms with Gasteiger partial charge in [0, 0.05) is 36.6 Å². The summed E-state index contributed by atoms with van der Waals surface area (Å²) in [5, 5.41) is 4.20. The summed E-state index contributed by atoms with van der Waals surface area (Å²) in [7, 11) is 0. The number of hydrogen-bond acceptors (Lipinski definition) is 2. The number of amides is 2. The highest BCUT2D eigenvalue weighted by molar-refractivity contribution is 5.92. The molecule has 0 aliphatic carbocycles. The maximum atomic E-state index is 12.8. The van der Waals surface area contributed by atoms with Crippen molar-refractivity contribution in [2.75, 3.05) is 13.1 Å². The summed E-state index contributed by atoms with van der Waals surface area (Å²) in [6.45, 7) is 1.46. The van der Waals surface area contributed by atoms with Gasteiger partial charge in [-0.2, -0.15) is 0 Å². The van der Waals surface area contributed by atoms with Crippen LogP contribution in [0.4, 0.5) is 0 Å². The number of aryl methyl sites for hydroxylation is 1. The van der Waals surface area contributed by atoms with Crippen LogP contribution in [0.1, 0.15) is 44.1 Å². The van der Waals surface area contributed by atoms with Crippen molar-refractivity contribution < 1.29 is 9.59 Å². The molecule has 0 bridgehead atoms. The van der Waals surface area contributed by atoms with Crippen LogP contribution in [0, 0.1) is 0 Å². The highest BCUT2D eigenvalue weighted by Gasteiger charge is 2.49. The molecule has 2 N–H and O–H groups in total. The van der Waals surface area contributed by atoms with Gasteiger partial charge in [0.2, 0.25) is 11.8 Å². The van der Waals surface area contributed by atoms with Crippen LogP contribution < -0.4 is 5.32 Å². The van der Waals surface area contributed by atoms with Crippen molar-refractivity contribution in [3.8, 4) is 0 Å². The second-order valence-electron chi connectivity index (χ2n) is 7.25. The van der Waals surface area contributed by atoms with Crippen molar-refractivity contribution in [3.63, 3.8) is 0 Å². The number of likely N-dealkylation sites (tertiary alicyclic amines) is 1. The third-order valence-electron chi connectivity index (χ3n) is 5.78. The molecule has 1 atom stereocenters. The number of fused-ring (bicyclic) bond motifs is 1. The number of H-pyrrole nitrogens is 1. The van der Waals surface area contributed by atoms with E-state index in [-0.39, 0.29) is 11.8 Å². The van der Waals surface area contributed by atoms with Crippen LogP contribution in [0.3, 0.4) is 0 Å². The standard InChI is InChI=1S/C20H25N3O2/c24-18(23-13-5-11-20(23)10-4-12-21-19(20)25)9-3-6-15-14-22-17-8-2-1-7-16(15)17/h1-2,7-8,14,22H,3-6,9-13H2,(H,21,25). The van der Waals surface area contributed by atoms with Crippen molar-refractivity contribution in [3.05, 3.63) is 36.0 Å². The summed E-state index contributed by atoms with van der Waals surface area (Å²) < 4.78 is 0. The third-order valence-corrected chi connectivity index (χ3v) is 5.78. The number of benzene rings is 1. The largest absolute Gasteiger partial charge is 0.361 e. The van der Waals surface area contributed by atoms with Gasteiger partial charge in [-0.15, -0.1) is 0 Å². The summed E-state index contributed by atoms with van der Waals surface area (Å²) in [6, 6.07) is 8.25. The summed E-state index contributed by atoms with van der Waals surface area (Å²) in [6.07, 6.45) is 7.76. The van der Waals surface area contributed by atoms with E-state index in [2.05, 4.69) is 22.4 Å². The van der Waals surface area contributed by atoms with Gasteiger partial charge in [-0.05, 0) is 50.2 Å². The molecule has 1 aromatic carbocycles. The quantitative estimate of drug-likeness (QED) is 0.899. The fourth-order valence-corrected chi connectivity index (χ4v) is 4.50. The maximum Gasteiger partial charge on any atom is 0.245 e. The lowest BCUT2D eigenvalue weighted by atomic mass is 9.86. The van der Waals surface area contributed by atoms with E-state index in [1.165, 1.54) is 10.9 Å². The second-order valence-corrected chi connectivity index (χ2v) is 7.25. The fourth-order valence-electron chi connectivity index (χ4n) is 4.50. The average Bonchev–Trinajstić information content (AvgIpc) is 3.23. The Bertz CT molecular complexity index is 797. The van der Waals surface area contributed by atoms with Gasteiger partial charge in [0.15, 0.2) is 0 Å². The van der Waals surface area contributed by atoms with Crippen molar-refractivity contribution in [2.24, 2.45) is 0 Å². The van der Waals surface area contributed by atoms with Crippen molar-refractivity contribution in [1.82, 2.24) is 15.2 Å². The van der Waals surface area contributed by atoms with Crippen LogP contribution in [-0.2, 0) is 16.0 Å². The number of carbonyl (C=O) groups is 2. The zero-order valence-corrected chi connectivity index (χ0v) is 14.5. The van der Waals surface area contributed by atoms with Gasteiger partial charge in [0.1, 0.15) is 5.54 Å². The minimum atomic E-state index is -0.559. The number of aromatic nitrogens is 1. The van der Waals surface area contributed by atoms with Crippen LogP contribution in [0.15, 0.2) is 30.5 Å². The van der Waals surface area contributed by atoms with Gasteiger partial charge in [-0.3, -0.25) is 9.59 Å². The molecule has 1 unspecified atom stereocenters. The van der Waals surface area contributed by atoms with Gasteiger partial charge < -0.3 is 15.2 Å². The first-order valence-electron chi connectivity index (χ1n) is 9.34. The van der Waals surface area contributed by atoms with Crippen molar-refractivity contribution in [1.29, 1.82) is 0 Å². The molecule has 3 heterocycles. The molecule has 2 fully saturated rings. The smallest absolute Gasteiger partial charge is 0.245 e. The second kappa shape index (κ2) is 6.54. The Morgan fingerprint density at radius 1 is 1.20 bits per heavy atom. The predicted molar refractivity (Wildman–Crippen MR) is 97.2 cm³/mol. The molecule has 0 saturated carbocycles. The monoisotopic (exact) mass is 339 g/mol. The van der Waals surface area contributed by atoms with E-state index >= 15 is 0 Å². The third kappa shape index (κ3) is 2.81. The highest BCUT2D eigenvalue weighted by atomic mass is 16.2. The first kappa shape index (κ1) is 16.2. The van der Waals surface area contributed by atoms with Crippen LogP contribution in [0.25, 0.3) is 10.9 Å². The minimum Gasteiger partial charge on any atom is -0.361 e. The van der Waals surface area contributed by atoms with Crippen molar-refractivity contribution in [2.45, 2.75) is 50.5 Å². The van der Waals surface area contributed by atoms with Gasteiger partial charge in [-0.1, -0.05) is 18.2 Å². The van der Waals surface area contributed by atoms with E-state index in [0.29, 0.717) is 6.42 Å². The number of nitrogens with zero attached hydrogens (tertiary/aromatic N) is 1. The fraction of sp³-hybridized carbons (Fsp3) is 0.500. The Morgan fingerprint density at radius 2 is 2.04 bits per heavy atom. The molecule has 5 heteroatoms. The van der Waals surface area contributed by atoms with E-state index in [9.17, 15) is 9.59 Å². The summed E-state index contributed by atoms with van der Waals surface area (Å²) in [5.74, 6) is 0.190. The zero-order chi connectivity index (χ0) is 17.3. The zero-order valence-electron chi connectivity index (χ0n) is 14.5. The van der Waals surface area contributed by atoms with E-state index in [1.807, 2.05) is 23.2 Å². The van der Waals surface area contributed by atoms with Crippen LogP contribution in [0.5, 0.6) is 0 Å². The molecule has 1 aromatic heterocycles. The SMILES string of the molecule is O=C(CCCc1c[nH]c2ccccc12)N1CCCC12CCCNC2=O. The topological polar surface area (TPSA) is 65.2 Å². The van der Waals surface area contributed by atoms with Crippen LogP contribution in [0.2, 0.25) is 0 Å². The molecule has 2 saturated heterocycles. The number of carbonyl (C=O) groups excluding carboxylic acids is 2. The number of nitrogens with one attached hydrogen (secondary N) is 2. The number of piperidine rings is 1. The van der Waals surface area contributed by atoms with Gasteiger partial charge in [-0.25, -0.2) is 0 Å². The summed E-state index contributed by atoms with van der Waals surface area (Å²) in [4.78, 5) is 30.4. The predicted octanol–water partition coefficient (Wildman–Crippen LogP) is 2.76. The van der Waals surface area contributed by atoms with Gasteiger partial charge in [0.05, 0.1) is 0 Å². The summed E-state index contributed by atoms with van der Waals surface area (Å²) in [5.41, 5.74) is 1.84. The summed E-state index contributed by atoms with van der Waals surface area (Å²) >= 11 is 0. The number of hydrogen-bond donors (Lipinski definition) is 2. The molecular weight excluding hydrogens is 314 g/mol. The lowest BCUT2D eigenvalue weighted by Crippen LogP contribution is -2.60. The van der Waals surface area contributed by atoms with Crippen molar-refractivity contribution >= 4 is 22.7 Å². The average molecular weight is 339 g/mol. The number of aromatic amines is 1. The van der Waals surface area contributed by atoms with E-state index < -0.39 is 5.54 Å². The molecule has 2 amide bonds. The molecule has 132 valence electrons. The number of rotatable bonds is 4. The molecule has 2 aliphatic rings. The molecule has 1 spiro atoms. The Hall–Kier alpha value is -2.30. The molecular formula is C20H25N3O2. The van der Waals surface area contributed by atoms with Crippen LogP contribution >= 0.6 is 0 Å². The lowest BCUT2D eigenvalue weighted by Gasteiger charge is -2.40. The molecule has 2 aromatic rings.